The maximum Gasteiger partial charge on any atom is 0.306 e. The number of aromatic hydroxyl groups is 1. The largest absolute Gasteiger partial charge is 0.506 e. The number of esters is 1. The average molecular weight is 1680 g/mol. The zero-order valence-electron chi connectivity index (χ0n) is 71.0. The van der Waals surface area contributed by atoms with Gasteiger partial charge in [-0.1, -0.05) is 61.0 Å². The summed E-state index contributed by atoms with van der Waals surface area (Å²) in [4.78, 5) is 168. The second kappa shape index (κ2) is 57.0. The third kappa shape index (κ3) is 40.4. The van der Waals surface area contributed by atoms with E-state index in [-0.39, 0.29) is 117 Å². The van der Waals surface area contributed by atoms with Crippen molar-refractivity contribution in [1.29, 1.82) is 0 Å². The normalized spacial score (nSPS) is 14.6. The van der Waals surface area contributed by atoms with E-state index in [0.29, 0.717) is 131 Å². The summed E-state index contributed by atoms with van der Waals surface area (Å²) in [5, 5.41) is 42.0. The predicted octanol–water partition coefficient (Wildman–Crippen LogP) is 3.51. The number of hydrogen-bond acceptors (Lipinski definition) is 27. The molecule has 9 atom stereocenters. The standard InChI is InChI=1S/C80H131N11O25S/c1-16-54(6)71(88-79(105)80(10,11)89(12)13)77(102)90(14)63(52(2)3)49-65(116-57(9)92)76-86-62(51-117-76)74(100)83-59(46-55(7)78(103)104)47-58-22-23-64(93)61(48-58)85-72(98)56(8)82-75(101)70(53(4)5)87-73(99)60(84-66(94)21-19-27-91-68(96)24-25-69(91)97)20-17-18-26-81-67(95)50-115-45-44-114-43-42-113-41-40-112-39-38-111-37-36-110-35-34-109-33-32-108-31-30-107-29-28-106-15/h22-25,48,51-56,59-60,63,65,70-71,93H,16-21,26-47,49-50H2,1-15H3,(H,81,95)(H,82,101)(H,83,100)(H,84,94)(H,85,98)(H,87,99)(H,88,105)(H,103,104)/t54-,55-,56-,59+,60-,63+,65+,70-,71-/m0/s1. The zero-order valence-corrected chi connectivity index (χ0v) is 71.8. The molecule has 37 heteroatoms. The second-order valence-corrected chi connectivity index (χ2v) is 30.7. The quantitative estimate of drug-likeness (QED) is 0.0198. The Morgan fingerprint density at radius 2 is 1.16 bits per heavy atom. The van der Waals surface area contributed by atoms with Gasteiger partial charge in [-0.2, -0.15) is 0 Å². The number of phenols is 1. The number of unbranched alkanes of at least 4 members (excludes halogenated alkanes) is 1. The highest BCUT2D eigenvalue weighted by atomic mass is 32.1. The summed E-state index contributed by atoms with van der Waals surface area (Å²) in [6, 6.07) is -1.84. The number of benzene rings is 1. The van der Waals surface area contributed by atoms with Crippen LogP contribution in [0.2, 0.25) is 0 Å². The van der Waals surface area contributed by atoms with E-state index in [4.69, 9.17) is 52.1 Å². The number of rotatable bonds is 65. The lowest BCUT2D eigenvalue weighted by Crippen LogP contribution is -2.60. The van der Waals surface area contributed by atoms with Crippen molar-refractivity contribution < 1.29 is 120 Å². The van der Waals surface area contributed by atoms with Gasteiger partial charge in [0.1, 0.15) is 47.2 Å². The molecule has 2 heterocycles. The van der Waals surface area contributed by atoms with Crippen LogP contribution in [0.4, 0.5) is 5.69 Å². The fraction of sp³-hybridized carbons (Fsp3) is 0.713. The van der Waals surface area contributed by atoms with Crippen LogP contribution in [0.5, 0.6) is 5.75 Å². The van der Waals surface area contributed by atoms with Crippen LogP contribution < -0.4 is 37.2 Å². The van der Waals surface area contributed by atoms with Gasteiger partial charge in [-0.05, 0) is 109 Å². The van der Waals surface area contributed by atoms with E-state index in [9.17, 15) is 67.7 Å². The number of anilines is 1. The van der Waals surface area contributed by atoms with Crippen LogP contribution in [0, 0.1) is 23.7 Å². The Hall–Kier alpha value is -8.21. The average Bonchev–Trinajstić information content (AvgIpc) is 1.78. The number of carbonyl (C=O) groups excluding carboxylic acids is 11. The Labute approximate surface area is 691 Å². The molecule has 10 amide bonds. The van der Waals surface area contributed by atoms with Gasteiger partial charge < -0.3 is 104 Å². The van der Waals surface area contributed by atoms with Crippen molar-refractivity contribution in [2.24, 2.45) is 23.7 Å². The molecule has 0 unspecified atom stereocenters. The first-order valence-corrected chi connectivity index (χ1v) is 40.9. The molecular weight excluding hydrogens is 1550 g/mol. The summed E-state index contributed by atoms with van der Waals surface area (Å²) in [7, 11) is 6.80. The molecule has 0 radical (unpaired) electrons. The van der Waals surface area contributed by atoms with E-state index in [1.807, 2.05) is 27.7 Å². The third-order valence-corrected chi connectivity index (χ3v) is 20.2. The van der Waals surface area contributed by atoms with Gasteiger partial charge in [-0.3, -0.25) is 67.3 Å². The molecule has 1 aliphatic heterocycles. The number of nitrogens with zero attached hydrogens (tertiary/aromatic N) is 4. The number of imide groups is 1. The van der Waals surface area contributed by atoms with Crippen molar-refractivity contribution in [3.63, 3.8) is 0 Å². The maximum atomic E-state index is 14.4. The number of aromatic nitrogens is 1. The van der Waals surface area contributed by atoms with Gasteiger partial charge in [0.05, 0.1) is 136 Å². The fourth-order valence-corrected chi connectivity index (χ4v) is 12.3. The molecule has 0 spiro atoms. The molecule has 117 heavy (non-hydrogen) atoms. The topological polar surface area (TPSA) is 454 Å². The Morgan fingerprint density at radius 3 is 1.66 bits per heavy atom. The first-order valence-electron chi connectivity index (χ1n) is 40.1. The number of carboxylic acids is 1. The second-order valence-electron chi connectivity index (χ2n) is 29.8. The van der Waals surface area contributed by atoms with E-state index in [1.54, 1.807) is 65.7 Å². The number of aliphatic carboxylic acids is 1. The first kappa shape index (κ1) is 103. The van der Waals surface area contributed by atoms with Gasteiger partial charge in [-0.15, -0.1) is 11.3 Å². The lowest BCUT2D eigenvalue weighted by molar-refractivity contribution is -0.149. The van der Waals surface area contributed by atoms with E-state index < -0.39 is 119 Å². The van der Waals surface area contributed by atoms with E-state index in [0.717, 1.165) is 28.4 Å². The number of amides is 10. The van der Waals surface area contributed by atoms with Crippen LogP contribution >= 0.6 is 11.3 Å². The minimum atomic E-state index is -1.29. The van der Waals surface area contributed by atoms with E-state index >= 15 is 0 Å². The lowest BCUT2D eigenvalue weighted by Gasteiger charge is -2.38. The van der Waals surface area contributed by atoms with Crippen LogP contribution in [0.1, 0.15) is 155 Å². The number of carboxylic acid groups (broad SMARTS) is 1. The van der Waals surface area contributed by atoms with E-state index in [1.165, 1.54) is 44.4 Å². The molecule has 0 aliphatic carbocycles. The highest BCUT2D eigenvalue weighted by molar-refractivity contribution is 7.09. The number of ether oxygens (including phenoxy) is 11. The molecule has 2 aromatic rings. The summed E-state index contributed by atoms with van der Waals surface area (Å²) in [5.74, 6) is -9.83. The smallest absolute Gasteiger partial charge is 0.306 e. The molecule has 1 aliphatic rings. The zero-order chi connectivity index (χ0) is 87.0. The van der Waals surface area contributed by atoms with Crippen molar-refractivity contribution in [1.82, 2.24) is 51.6 Å². The van der Waals surface area contributed by atoms with Crippen molar-refractivity contribution in [3.05, 3.63) is 52.0 Å². The molecule has 0 saturated carbocycles. The third-order valence-electron chi connectivity index (χ3n) is 19.3. The highest BCUT2D eigenvalue weighted by Crippen LogP contribution is 2.32. The molecule has 36 nitrogen and oxygen atoms in total. The van der Waals surface area contributed by atoms with Gasteiger partial charge in [0.15, 0.2) is 6.10 Å². The summed E-state index contributed by atoms with van der Waals surface area (Å²) >= 11 is 1.04. The Balaban J connectivity index is 1.55. The highest BCUT2D eigenvalue weighted by Gasteiger charge is 2.40. The molecule has 1 aromatic heterocycles. The maximum absolute atomic E-state index is 14.4. The fourth-order valence-electron chi connectivity index (χ4n) is 11.5. The minimum Gasteiger partial charge on any atom is -0.506 e. The Kier molecular flexibility index (Phi) is 50.2. The molecule has 662 valence electrons. The summed E-state index contributed by atoms with van der Waals surface area (Å²) in [6.07, 6.45) is 2.42. The molecule has 0 bridgehead atoms. The molecule has 9 N–H and O–H groups in total. The van der Waals surface area contributed by atoms with Gasteiger partial charge in [-0.25, -0.2) is 4.98 Å². The molecular formula is C80H131N11O25S. The van der Waals surface area contributed by atoms with Gasteiger partial charge >= 0.3 is 11.9 Å². The molecule has 3 rings (SSSR count). The molecule has 0 saturated heterocycles. The summed E-state index contributed by atoms with van der Waals surface area (Å²) in [5.41, 5.74) is -0.672. The van der Waals surface area contributed by atoms with Gasteiger partial charge in [0, 0.05) is 76.6 Å². The number of phenolic OH excluding ortho intramolecular Hbond substituents is 1. The van der Waals surface area contributed by atoms with Crippen molar-refractivity contribution in [2.75, 3.05) is 172 Å². The first-order chi connectivity index (χ1) is 55.6. The Morgan fingerprint density at radius 1 is 0.624 bits per heavy atom. The summed E-state index contributed by atoms with van der Waals surface area (Å²) < 4.78 is 60.0. The SMILES string of the molecule is CC[C@H](C)[C@H](NC(=O)C(C)(C)N(C)C)C(=O)N(C)[C@H](C[C@@H](OC(C)=O)c1nc(C(=O)N[C@@H](Cc2ccc(O)c(NC(=O)[C@H](C)NC(=O)[C@@H](NC(=O)[C@H](CCCCNC(=O)COCCOCCOCCOCCOCCOCCOCCOCCOCCOC)NC(=O)CCCN3C(=O)C=CC3=O)C(C)C)c2)C[C@H](C)C(=O)O)cs1)C(C)C. The number of nitrogens with one attached hydrogen (secondary N) is 7. The molecule has 0 fully saturated rings. The number of likely N-dealkylation sites (N-methyl/N-ethyl adjacent to an activating group) is 2. The van der Waals surface area contributed by atoms with Crippen molar-refractivity contribution in [2.45, 2.75) is 182 Å². The van der Waals surface area contributed by atoms with Gasteiger partial charge in [0.25, 0.3) is 17.7 Å². The van der Waals surface area contributed by atoms with Crippen LogP contribution in [0.3, 0.4) is 0 Å². The minimum absolute atomic E-state index is 0.0217. The predicted molar refractivity (Wildman–Crippen MR) is 432 cm³/mol. The Bertz CT molecular complexity index is 3400. The van der Waals surface area contributed by atoms with Crippen LogP contribution in [-0.2, 0) is 111 Å². The lowest BCUT2D eigenvalue weighted by atomic mass is 9.92. The monoisotopic (exact) mass is 1680 g/mol. The number of methoxy groups -OCH3 is 1. The van der Waals surface area contributed by atoms with E-state index in [2.05, 4.69) is 42.2 Å². The van der Waals surface area contributed by atoms with Crippen LogP contribution in [-0.4, -0.2) is 310 Å². The van der Waals surface area contributed by atoms with Crippen molar-refractivity contribution >= 4 is 88.0 Å². The van der Waals surface area contributed by atoms with Crippen molar-refractivity contribution in [3.8, 4) is 5.75 Å². The molecule has 1 aromatic carbocycles. The van der Waals surface area contributed by atoms with Crippen LogP contribution in [0.15, 0.2) is 35.7 Å². The number of hydrogen-bond donors (Lipinski definition) is 9. The number of thiazole rings is 1. The number of carbonyl (C=O) groups is 12. The van der Waals surface area contributed by atoms with Gasteiger partial charge in [0.2, 0.25) is 41.4 Å². The summed E-state index contributed by atoms with van der Waals surface area (Å²) in [6.45, 7) is 25.8. The van der Waals surface area contributed by atoms with Crippen LogP contribution in [0.25, 0.3) is 0 Å².